The van der Waals surface area contributed by atoms with E-state index in [9.17, 15) is 0 Å². The molecule has 0 radical (unpaired) electrons. The normalized spacial score (nSPS) is 10.2. The highest BCUT2D eigenvalue weighted by Crippen LogP contribution is 2.28. The van der Waals surface area contributed by atoms with E-state index in [0.29, 0.717) is 16.7 Å². The minimum absolute atomic E-state index is 0.123. The SMILES string of the molecule is NNc1cc(Nc2ccc(Cl)cc2Br)nc(N)n1. The lowest BCUT2D eigenvalue weighted by Gasteiger charge is -2.09. The van der Waals surface area contributed by atoms with Gasteiger partial charge in [0.15, 0.2) is 0 Å². The summed E-state index contributed by atoms with van der Waals surface area (Å²) in [6, 6.07) is 7.00. The zero-order chi connectivity index (χ0) is 13.1. The van der Waals surface area contributed by atoms with Crippen LogP contribution >= 0.6 is 27.5 Å². The molecular formula is C10H10BrClN6. The molecule has 2 aromatic rings. The average Bonchev–Trinajstić information content (AvgIpc) is 2.32. The van der Waals surface area contributed by atoms with Crippen LogP contribution in [0, 0.1) is 0 Å². The molecule has 0 saturated heterocycles. The van der Waals surface area contributed by atoms with E-state index in [1.54, 1.807) is 18.2 Å². The Labute approximate surface area is 117 Å². The molecule has 1 aromatic carbocycles. The number of benzene rings is 1. The predicted octanol–water partition coefficient (Wildman–Crippen LogP) is 2.50. The molecule has 6 nitrogen and oxygen atoms in total. The van der Waals surface area contributed by atoms with Gasteiger partial charge in [-0.15, -0.1) is 0 Å². The number of rotatable bonds is 3. The summed E-state index contributed by atoms with van der Waals surface area (Å²) in [7, 11) is 0. The highest BCUT2D eigenvalue weighted by Gasteiger charge is 2.05. The van der Waals surface area contributed by atoms with Gasteiger partial charge >= 0.3 is 0 Å². The average molecular weight is 330 g/mol. The van der Waals surface area contributed by atoms with E-state index in [1.807, 2.05) is 6.07 Å². The van der Waals surface area contributed by atoms with Gasteiger partial charge in [0.25, 0.3) is 0 Å². The molecule has 1 aromatic heterocycles. The summed E-state index contributed by atoms with van der Waals surface area (Å²) >= 11 is 9.26. The molecule has 0 saturated carbocycles. The van der Waals surface area contributed by atoms with E-state index in [-0.39, 0.29) is 5.95 Å². The maximum Gasteiger partial charge on any atom is 0.223 e. The lowest BCUT2D eigenvalue weighted by atomic mass is 10.3. The van der Waals surface area contributed by atoms with Crippen LogP contribution < -0.4 is 22.3 Å². The van der Waals surface area contributed by atoms with E-state index < -0.39 is 0 Å². The van der Waals surface area contributed by atoms with Gasteiger partial charge in [0.2, 0.25) is 5.95 Å². The summed E-state index contributed by atoms with van der Waals surface area (Å²) in [5, 5.41) is 3.72. The number of hydrazine groups is 1. The lowest BCUT2D eigenvalue weighted by Crippen LogP contribution is -2.11. The van der Waals surface area contributed by atoms with Crippen LogP contribution in [-0.4, -0.2) is 9.97 Å². The number of aromatic nitrogens is 2. The number of nitrogen functional groups attached to an aromatic ring is 2. The fourth-order valence-electron chi connectivity index (χ4n) is 1.33. The van der Waals surface area contributed by atoms with Crippen molar-refractivity contribution in [3.05, 3.63) is 33.8 Å². The van der Waals surface area contributed by atoms with Gasteiger partial charge in [0.1, 0.15) is 11.6 Å². The lowest BCUT2D eigenvalue weighted by molar-refractivity contribution is 1.15. The summed E-state index contributed by atoms with van der Waals surface area (Å²) < 4.78 is 0.814. The molecule has 0 aliphatic heterocycles. The van der Waals surface area contributed by atoms with Crippen LogP contribution in [0.25, 0.3) is 0 Å². The second-order valence-electron chi connectivity index (χ2n) is 3.39. The van der Waals surface area contributed by atoms with E-state index >= 15 is 0 Å². The molecular weight excluding hydrogens is 320 g/mol. The van der Waals surface area contributed by atoms with Crippen molar-refractivity contribution in [3.63, 3.8) is 0 Å². The first-order valence-electron chi connectivity index (χ1n) is 4.92. The first kappa shape index (κ1) is 12.9. The summed E-state index contributed by atoms with van der Waals surface area (Å²) in [5.74, 6) is 6.36. The first-order chi connectivity index (χ1) is 8.58. The Morgan fingerprint density at radius 2 is 1.89 bits per heavy atom. The number of nitrogens with one attached hydrogen (secondary N) is 2. The van der Waals surface area contributed by atoms with E-state index in [4.69, 9.17) is 23.2 Å². The minimum Gasteiger partial charge on any atom is -0.368 e. The molecule has 0 aliphatic rings. The number of nitrogens with two attached hydrogens (primary N) is 2. The van der Waals surface area contributed by atoms with Crippen LogP contribution in [0.1, 0.15) is 0 Å². The Morgan fingerprint density at radius 1 is 1.17 bits per heavy atom. The smallest absolute Gasteiger partial charge is 0.223 e. The summed E-state index contributed by atoms with van der Waals surface area (Å²) in [6.07, 6.45) is 0. The van der Waals surface area contributed by atoms with Crippen molar-refractivity contribution in [1.82, 2.24) is 9.97 Å². The third-order valence-electron chi connectivity index (χ3n) is 2.09. The molecule has 0 spiro atoms. The van der Waals surface area contributed by atoms with E-state index in [1.165, 1.54) is 0 Å². The molecule has 0 fully saturated rings. The third-order valence-corrected chi connectivity index (χ3v) is 2.98. The number of halogens is 2. The van der Waals surface area contributed by atoms with Crippen LogP contribution in [0.4, 0.5) is 23.3 Å². The van der Waals surface area contributed by atoms with Crippen LogP contribution in [0.3, 0.4) is 0 Å². The zero-order valence-corrected chi connectivity index (χ0v) is 11.5. The maximum atomic E-state index is 5.86. The molecule has 0 atom stereocenters. The van der Waals surface area contributed by atoms with Gasteiger partial charge in [-0.25, -0.2) is 5.84 Å². The predicted molar refractivity (Wildman–Crippen MR) is 76.7 cm³/mol. The monoisotopic (exact) mass is 328 g/mol. The van der Waals surface area contributed by atoms with Crippen LogP contribution in [0.2, 0.25) is 5.02 Å². The topological polar surface area (TPSA) is 102 Å². The van der Waals surface area contributed by atoms with E-state index in [2.05, 4.69) is 36.6 Å². The maximum absolute atomic E-state index is 5.86. The second kappa shape index (κ2) is 5.38. The van der Waals surface area contributed by atoms with Crippen molar-refractivity contribution in [2.45, 2.75) is 0 Å². The summed E-state index contributed by atoms with van der Waals surface area (Å²) in [6.45, 7) is 0. The Balaban J connectivity index is 2.30. The van der Waals surface area contributed by atoms with Crippen LogP contribution in [0.15, 0.2) is 28.7 Å². The molecule has 0 aliphatic carbocycles. The summed E-state index contributed by atoms with van der Waals surface area (Å²) in [5.41, 5.74) is 8.78. The van der Waals surface area contributed by atoms with Crippen molar-refractivity contribution < 1.29 is 0 Å². The van der Waals surface area contributed by atoms with Gasteiger partial charge < -0.3 is 16.5 Å². The molecule has 1 heterocycles. The highest BCUT2D eigenvalue weighted by molar-refractivity contribution is 9.10. The first-order valence-corrected chi connectivity index (χ1v) is 6.09. The Bertz CT molecular complexity index is 576. The molecule has 0 bridgehead atoms. The van der Waals surface area contributed by atoms with Crippen molar-refractivity contribution in [1.29, 1.82) is 0 Å². The number of nitrogens with zero attached hydrogens (tertiary/aromatic N) is 2. The molecule has 0 amide bonds. The number of hydrogen-bond acceptors (Lipinski definition) is 6. The van der Waals surface area contributed by atoms with Crippen molar-refractivity contribution in [3.8, 4) is 0 Å². The van der Waals surface area contributed by atoms with Crippen molar-refractivity contribution >= 4 is 50.8 Å². The van der Waals surface area contributed by atoms with Gasteiger partial charge in [-0.1, -0.05) is 11.6 Å². The van der Waals surface area contributed by atoms with Crippen molar-refractivity contribution in [2.75, 3.05) is 16.5 Å². The quantitative estimate of drug-likeness (QED) is 0.510. The molecule has 6 N–H and O–H groups in total. The Hall–Kier alpha value is -1.57. The van der Waals surface area contributed by atoms with Gasteiger partial charge in [-0.3, -0.25) is 0 Å². The Morgan fingerprint density at radius 3 is 2.56 bits per heavy atom. The van der Waals surface area contributed by atoms with Gasteiger partial charge in [0.05, 0.1) is 5.69 Å². The highest BCUT2D eigenvalue weighted by atomic mass is 79.9. The fourth-order valence-corrected chi connectivity index (χ4v) is 2.11. The van der Waals surface area contributed by atoms with Crippen molar-refractivity contribution in [2.24, 2.45) is 5.84 Å². The number of anilines is 4. The molecule has 2 rings (SSSR count). The van der Waals surface area contributed by atoms with Gasteiger partial charge in [-0.05, 0) is 34.1 Å². The molecule has 0 unspecified atom stereocenters. The van der Waals surface area contributed by atoms with Gasteiger partial charge in [0, 0.05) is 15.6 Å². The summed E-state index contributed by atoms with van der Waals surface area (Å²) in [4.78, 5) is 7.94. The molecule has 8 heteroatoms. The van der Waals surface area contributed by atoms with Crippen LogP contribution in [-0.2, 0) is 0 Å². The second-order valence-corrected chi connectivity index (χ2v) is 4.68. The van der Waals surface area contributed by atoms with Crippen LogP contribution in [0.5, 0.6) is 0 Å². The Kier molecular flexibility index (Phi) is 3.85. The standard InChI is InChI=1S/C10H10BrClN6/c11-6-3-5(12)1-2-7(6)15-8-4-9(18-14)17-10(13)16-8/h1-4H,14H2,(H4,13,15,16,17,18). The molecule has 18 heavy (non-hydrogen) atoms. The minimum atomic E-state index is 0.123. The number of hydrogen-bond donors (Lipinski definition) is 4. The van der Waals surface area contributed by atoms with E-state index in [0.717, 1.165) is 10.2 Å². The fraction of sp³-hybridized carbons (Fsp3) is 0. The zero-order valence-electron chi connectivity index (χ0n) is 9.11. The molecule has 94 valence electrons. The van der Waals surface area contributed by atoms with Gasteiger partial charge in [-0.2, -0.15) is 9.97 Å². The largest absolute Gasteiger partial charge is 0.368 e. The third kappa shape index (κ3) is 3.00.